The quantitative estimate of drug-likeness (QED) is 0.178. The average molecular weight is 686 g/mol. The van der Waals surface area contributed by atoms with Gasteiger partial charge < -0.3 is 26.0 Å². The summed E-state index contributed by atoms with van der Waals surface area (Å²) in [7, 11) is -0.772. The molecule has 0 saturated heterocycles. The lowest BCUT2D eigenvalue weighted by atomic mass is 9.76. The molecule has 0 unspecified atom stereocenters. The Hall–Kier alpha value is -3.74. The van der Waals surface area contributed by atoms with Crippen LogP contribution in [0.3, 0.4) is 0 Å². The number of nitrogens with one attached hydrogen (secondary N) is 4. The zero-order valence-corrected chi connectivity index (χ0v) is 31.1. The van der Waals surface area contributed by atoms with Crippen molar-refractivity contribution in [3.8, 4) is 0 Å². The molecule has 3 amide bonds. The van der Waals surface area contributed by atoms with Gasteiger partial charge in [0.25, 0.3) is 15.9 Å². The first-order valence-electron chi connectivity index (χ1n) is 16.2. The highest BCUT2D eigenvalue weighted by Crippen LogP contribution is 2.30. The Bertz CT molecular complexity index is 1540. The number of aryl methyl sites for hydroxylation is 1. The van der Waals surface area contributed by atoms with Crippen molar-refractivity contribution in [1.82, 2.24) is 20.3 Å². The van der Waals surface area contributed by atoms with Crippen molar-refractivity contribution in [3.63, 3.8) is 0 Å². The van der Waals surface area contributed by atoms with Crippen molar-refractivity contribution >= 4 is 33.4 Å². The van der Waals surface area contributed by atoms with E-state index in [1.54, 1.807) is 32.3 Å². The molecule has 2 aromatic rings. The van der Waals surface area contributed by atoms with Crippen molar-refractivity contribution < 1.29 is 27.9 Å². The van der Waals surface area contributed by atoms with Gasteiger partial charge in [-0.25, -0.2) is 13.1 Å². The highest BCUT2D eigenvalue weighted by atomic mass is 32.2. The summed E-state index contributed by atoms with van der Waals surface area (Å²) in [4.78, 5) is 42.6. The van der Waals surface area contributed by atoms with Gasteiger partial charge in [-0.05, 0) is 62.1 Å². The Morgan fingerprint density at radius 2 is 1.50 bits per heavy atom. The molecule has 11 nitrogen and oxygen atoms in total. The smallest absolute Gasteiger partial charge is 0.264 e. The molecule has 0 radical (unpaired) electrons. The van der Waals surface area contributed by atoms with E-state index in [1.165, 1.54) is 24.0 Å². The van der Waals surface area contributed by atoms with Crippen molar-refractivity contribution in [2.75, 3.05) is 32.6 Å². The zero-order chi connectivity index (χ0) is 36.6. The number of hydrogen-bond donors (Lipinski definition) is 5. The third-order valence-electron chi connectivity index (χ3n) is 8.56. The highest BCUT2D eigenvalue weighted by Gasteiger charge is 2.41. The maximum absolute atomic E-state index is 14.2. The number of amides is 3. The van der Waals surface area contributed by atoms with Gasteiger partial charge in [-0.3, -0.25) is 14.4 Å². The van der Waals surface area contributed by atoms with Crippen LogP contribution in [0.25, 0.3) is 0 Å². The van der Waals surface area contributed by atoms with Crippen LogP contribution in [-0.4, -0.2) is 81.5 Å². The van der Waals surface area contributed by atoms with Gasteiger partial charge in [-0.15, -0.1) is 0 Å². The first kappa shape index (κ1) is 40.4. The van der Waals surface area contributed by atoms with Crippen LogP contribution < -0.4 is 20.7 Å². The molecule has 0 saturated carbocycles. The number of aliphatic hydroxyl groups excluding tert-OH is 1. The number of aliphatic hydroxyl groups is 1. The summed E-state index contributed by atoms with van der Waals surface area (Å²) in [5.74, 6) is -1.64. The van der Waals surface area contributed by atoms with Crippen LogP contribution in [0.2, 0.25) is 0 Å². The van der Waals surface area contributed by atoms with E-state index in [4.69, 9.17) is 5.11 Å². The number of nitrogens with zero attached hydrogens (tertiary/aromatic N) is 1. The minimum absolute atomic E-state index is 0.0140. The number of sulfonamides is 1. The van der Waals surface area contributed by atoms with E-state index in [0.29, 0.717) is 6.54 Å². The summed E-state index contributed by atoms with van der Waals surface area (Å²) >= 11 is 0. The Labute approximate surface area is 287 Å². The number of likely N-dealkylation sites (N-methyl/N-ethyl adjacent to an activating group) is 2. The Morgan fingerprint density at radius 3 is 1.98 bits per heavy atom. The SMILES string of the molecule is CN[C@H](C(=O)N[C@H](C(=O)N(C)[C@H](/C=C(\C)C(=O)NS(=O)(=O)c1ccc(C)cc1)C(C)C)C(C)(C)C)C(C)(C)c1ccc(NCCO)cc1. The summed E-state index contributed by atoms with van der Waals surface area (Å²) in [6.45, 7) is 17.1. The summed E-state index contributed by atoms with van der Waals surface area (Å²) in [6.07, 6.45) is 1.59. The molecule has 0 aliphatic heterocycles. The van der Waals surface area contributed by atoms with Crippen molar-refractivity contribution in [3.05, 3.63) is 71.3 Å². The van der Waals surface area contributed by atoms with Gasteiger partial charge in [0.2, 0.25) is 11.8 Å². The van der Waals surface area contributed by atoms with Gasteiger partial charge in [0.15, 0.2) is 0 Å². The van der Waals surface area contributed by atoms with Gasteiger partial charge in [0.1, 0.15) is 6.04 Å². The van der Waals surface area contributed by atoms with Crippen molar-refractivity contribution in [2.45, 2.75) is 90.7 Å². The van der Waals surface area contributed by atoms with Crippen LogP contribution in [0.1, 0.15) is 66.5 Å². The summed E-state index contributed by atoms with van der Waals surface area (Å²) < 4.78 is 27.8. The molecule has 0 heterocycles. The first-order chi connectivity index (χ1) is 22.2. The molecule has 2 rings (SSSR count). The van der Waals surface area contributed by atoms with Crippen molar-refractivity contribution in [1.29, 1.82) is 0 Å². The number of carbonyl (C=O) groups excluding carboxylic acids is 3. The van der Waals surface area contributed by atoms with E-state index in [-0.39, 0.29) is 34.8 Å². The second-order valence-electron chi connectivity index (χ2n) is 14.3. The lowest BCUT2D eigenvalue weighted by molar-refractivity contribution is -0.140. The van der Waals surface area contributed by atoms with Gasteiger partial charge >= 0.3 is 0 Å². The van der Waals surface area contributed by atoms with Crippen molar-refractivity contribution in [2.24, 2.45) is 11.3 Å². The zero-order valence-electron chi connectivity index (χ0n) is 30.3. The molecular formula is C36H55N5O6S. The molecule has 0 aliphatic rings. The van der Waals surface area contributed by atoms with Crippen LogP contribution in [-0.2, 0) is 29.8 Å². The molecule has 0 aromatic heterocycles. The van der Waals surface area contributed by atoms with Gasteiger partial charge in [-0.2, -0.15) is 0 Å². The largest absolute Gasteiger partial charge is 0.395 e. The second kappa shape index (κ2) is 16.6. The molecule has 3 atom stereocenters. The number of carbonyl (C=O) groups is 3. The van der Waals surface area contributed by atoms with Crippen LogP contribution in [0.15, 0.2) is 65.1 Å². The number of anilines is 1. The number of benzene rings is 2. The van der Waals surface area contributed by atoms with E-state index >= 15 is 0 Å². The molecule has 2 aromatic carbocycles. The lowest BCUT2D eigenvalue weighted by Crippen LogP contribution is -2.61. The number of rotatable bonds is 15. The fourth-order valence-corrected chi connectivity index (χ4v) is 6.51. The normalized spacial score (nSPS) is 14.6. The van der Waals surface area contributed by atoms with Crippen LogP contribution in [0, 0.1) is 18.3 Å². The van der Waals surface area contributed by atoms with E-state index in [9.17, 15) is 22.8 Å². The maximum atomic E-state index is 14.2. The predicted molar refractivity (Wildman–Crippen MR) is 191 cm³/mol. The molecule has 48 heavy (non-hydrogen) atoms. The van der Waals surface area contributed by atoms with Gasteiger partial charge in [0.05, 0.1) is 23.6 Å². The Balaban J connectivity index is 2.32. The standard InChI is InChI=1S/C36H55N5O6S/c1-23(2)29(22-25(4)32(43)40-48(46,47)28-18-12-24(3)13-19-28)41(11)34(45)31(35(5,6)7)39-33(44)30(37-10)36(8,9)26-14-16-27(17-15-26)38-20-21-42/h12-19,22-23,29-31,37-38,42H,20-21H2,1-11H3,(H,39,44)(H,40,43)/b25-22+/t29-,30-,31-/m1/s1. The summed E-state index contributed by atoms with van der Waals surface area (Å²) in [6, 6.07) is 11.6. The average Bonchev–Trinajstić information content (AvgIpc) is 3.00. The monoisotopic (exact) mass is 685 g/mol. The third kappa shape index (κ3) is 10.4. The van der Waals surface area contributed by atoms with Crippen LogP contribution in [0.4, 0.5) is 5.69 Å². The molecule has 266 valence electrons. The molecular weight excluding hydrogens is 630 g/mol. The second-order valence-corrected chi connectivity index (χ2v) is 15.9. The fraction of sp³-hybridized carbons (Fsp3) is 0.528. The number of hydrogen-bond acceptors (Lipinski definition) is 8. The molecule has 0 spiro atoms. The van der Waals surface area contributed by atoms with E-state index in [0.717, 1.165) is 16.8 Å². The molecule has 0 fully saturated rings. The lowest BCUT2D eigenvalue weighted by Gasteiger charge is -2.40. The summed E-state index contributed by atoms with van der Waals surface area (Å²) in [5.41, 5.74) is 1.43. The van der Waals surface area contributed by atoms with Crippen LogP contribution in [0.5, 0.6) is 0 Å². The molecule has 12 heteroatoms. The fourth-order valence-electron chi connectivity index (χ4n) is 5.49. The maximum Gasteiger partial charge on any atom is 0.264 e. The Morgan fingerprint density at radius 1 is 0.938 bits per heavy atom. The van der Waals surface area contributed by atoms with E-state index in [2.05, 4.69) is 20.7 Å². The first-order valence-corrected chi connectivity index (χ1v) is 17.7. The van der Waals surface area contributed by atoms with Gasteiger partial charge in [-0.1, -0.05) is 84.4 Å². The van der Waals surface area contributed by atoms with Gasteiger partial charge in [0, 0.05) is 30.3 Å². The van der Waals surface area contributed by atoms with E-state index < -0.39 is 44.9 Å². The topological polar surface area (TPSA) is 157 Å². The Kier molecular flexibility index (Phi) is 14.0. The minimum Gasteiger partial charge on any atom is -0.395 e. The van der Waals surface area contributed by atoms with Crippen LogP contribution >= 0.6 is 0 Å². The summed E-state index contributed by atoms with van der Waals surface area (Å²) in [5, 5.41) is 18.4. The minimum atomic E-state index is -4.10. The molecule has 0 bridgehead atoms. The highest BCUT2D eigenvalue weighted by molar-refractivity contribution is 7.90. The predicted octanol–water partition coefficient (Wildman–Crippen LogP) is 3.73. The molecule has 5 N–H and O–H groups in total. The van der Waals surface area contributed by atoms with E-state index in [1.807, 2.05) is 79.7 Å². The molecule has 0 aliphatic carbocycles. The third-order valence-corrected chi connectivity index (χ3v) is 9.90.